The molecule has 1 fully saturated rings. The molecule has 2 aliphatic rings. The highest BCUT2D eigenvalue weighted by molar-refractivity contribution is 8.18. The Kier molecular flexibility index (Phi) is 7.54. The summed E-state index contributed by atoms with van der Waals surface area (Å²) in [6.07, 6.45) is 2.58. The lowest BCUT2D eigenvalue weighted by Gasteiger charge is -2.28. The number of nitrogens with one attached hydrogen (secondary N) is 1. The number of rotatable bonds is 8. The first kappa shape index (κ1) is 23.8. The number of nitrogens with zero attached hydrogens (tertiary/aromatic N) is 2. The van der Waals surface area contributed by atoms with Crippen molar-refractivity contribution in [2.45, 2.75) is 13.0 Å². The number of amides is 3. The fourth-order valence-electron chi connectivity index (χ4n) is 4.04. The Bertz CT molecular complexity index is 1130. The van der Waals surface area contributed by atoms with E-state index in [2.05, 4.69) is 22.3 Å². The van der Waals surface area contributed by atoms with Gasteiger partial charge >= 0.3 is 0 Å². The summed E-state index contributed by atoms with van der Waals surface area (Å²) in [4.78, 5) is 41.1. The molecule has 4 rings (SSSR count). The van der Waals surface area contributed by atoms with Gasteiger partial charge in [-0.2, -0.15) is 0 Å². The molecule has 3 amide bonds. The average molecular weight is 482 g/mol. The van der Waals surface area contributed by atoms with Crippen LogP contribution in [0.4, 0.5) is 4.79 Å². The molecule has 0 atom stereocenters. The number of ether oxygens (including phenoxy) is 2. The second-order valence-electron chi connectivity index (χ2n) is 8.03. The van der Waals surface area contributed by atoms with Crippen LogP contribution in [0.2, 0.25) is 0 Å². The number of hydrogen-bond acceptors (Lipinski definition) is 7. The summed E-state index contributed by atoms with van der Waals surface area (Å²) in [6, 6.07) is 13.5. The lowest BCUT2D eigenvalue weighted by Crippen LogP contribution is -2.42. The highest BCUT2D eigenvalue weighted by atomic mass is 32.2. The maximum atomic E-state index is 12.7. The molecule has 0 spiro atoms. The minimum absolute atomic E-state index is 0.118. The van der Waals surface area contributed by atoms with E-state index < -0.39 is 0 Å². The Morgan fingerprint density at radius 3 is 2.62 bits per heavy atom. The van der Waals surface area contributed by atoms with Crippen LogP contribution in [0.3, 0.4) is 0 Å². The number of thioether (sulfide) groups is 1. The Balaban J connectivity index is 1.28. The number of carbonyl (C=O) groups is 3. The molecule has 2 heterocycles. The van der Waals surface area contributed by atoms with E-state index in [-0.39, 0.29) is 36.7 Å². The maximum Gasteiger partial charge on any atom is 0.293 e. The molecule has 2 aliphatic heterocycles. The first-order valence-electron chi connectivity index (χ1n) is 11.0. The van der Waals surface area contributed by atoms with Gasteiger partial charge in [-0.05, 0) is 53.1 Å². The van der Waals surface area contributed by atoms with E-state index in [1.807, 2.05) is 12.1 Å². The fourth-order valence-corrected chi connectivity index (χ4v) is 4.91. The van der Waals surface area contributed by atoms with Crippen molar-refractivity contribution in [1.82, 2.24) is 15.1 Å². The van der Waals surface area contributed by atoms with Crippen LogP contribution in [0.1, 0.15) is 16.7 Å². The van der Waals surface area contributed by atoms with Gasteiger partial charge in [0.2, 0.25) is 5.91 Å². The fraction of sp³-hybridized carbons (Fsp3) is 0.320. The molecule has 0 saturated carbocycles. The van der Waals surface area contributed by atoms with Crippen LogP contribution in [0, 0.1) is 0 Å². The van der Waals surface area contributed by atoms with E-state index in [9.17, 15) is 14.4 Å². The lowest BCUT2D eigenvalue weighted by atomic mass is 10.00. The molecule has 34 heavy (non-hydrogen) atoms. The van der Waals surface area contributed by atoms with Gasteiger partial charge in [-0.25, -0.2) is 0 Å². The summed E-state index contributed by atoms with van der Waals surface area (Å²) in [6.45, 7) is 2.20. The molecule has 0 aliphatic carbocycles. The van der Waals surface area contributed by atoms with Crippen LogP contribution >= 0.6 is 11.8 Å². The number of carbonyl (C=O) groups excluding carboxylic acids is 3. The zero-order valence-electron chi connectivity index (χ0n) is 19.2. The number of hydrogen-bond donors (Lipinski definition) is 1. The molecule has 9 heteroatoms. The summed E-state index contributed by atoms with van der Waals surface area (Å²) >= 11 is 0.886. The van der Waals surface area contributed by atoms with Crippen LogP contribution in [0.5, 0.6) is 11.5 Å². The first-order chi connectivity index (χ1) is 16.5. The first-order valence-corrected chi connectivity index (χ1v) is 11.8. The van der Waals surface area contributed by atoms with E-state index in [0.29, 0.717) is 16.4 Å². The third-order valence-corrected chi connectivity index (χ3v) is 6.72. The van der Waals surface area contributed by atoms with Gasteiger partial charge in [0.25, 0.3) is 11.1 Å². The molecule has 2 aromatic carbocycles. The largest absolute Gasteiger partial charge is 0.493 e. The van der Waals surface area contributed by atoms with Crippen molar-refractivity contribution in [1.29, 1.82) is 0 Å². The van der Waals surface area contributed by atoms with Crippen LogP contribution < -0.4 is 14.8 Å². The van der Waals surface area contributed by atoms with Crippen LogP contribution in [-0.4, -0.2) is 67.3 Å². The lowest BCUT2D eigenvalue weighted by molar-refractivity contribution is -0.124. The van der Waals surface area contributed by atoms with Gasteiger partial charge in [0.05, 0.1) is 25.7 Å². The summed E-state index contributed by atoms with van der Waals surface area (Å²) in [7, 11) is 3.08. The quantitative estimate of drug-likeness (QED) is 0.580. The average Bonchev–Trinajstić information content (AvgIpc) is 3.11. The molecular formula is C25H27N3O5S. The van der Waals surface area contributed by atoms with Gasteiger partial charge in [0.15, 0.2) is 11.5 Å². The molecule has 2 aromatic rings. The van der Waals surface area contributed by atoms with E-state index in [4.69, 9.17) is 9.47 Å². The monoisotopic (exact) mass is 481 g/mol. The maximum absolute atomic E-state index is 12.7. The summed E-state index contributed by atoms with van der Waals surface area (Å²) < 4.78 is 10.5. The Morgan fingerprint density at radius 2 is 1.85 bits per heavy atom. The highest BCUT2D eigenvalue weighted by Crippen LogP contribution is 2.34. The molecule has 178 valence electrons. The standard InChI is InChI=1S/C25H27N3O5S/c1-32-20-8-7-17(13-21(20)33-2)14-22-24(30)28(25(31)34-22)12-10-26-23(29)16-27-11-9-18-5-3-4-6-19(18)15-27/h3-8,13-14H,9-12,15-16H2,1-2H3,(H,26,29)/b22-14+. The summed E-state index contributed by atoms with van der Waals surface area (Å²) in [5, 5.41) is 2.48. The van der Waals surface area contributed by atoms with Gasteiger partial charge in [-0.1, -0.05) is 30.3 Å². The van der Waals surface area contributed by atoms with Crippen molar-refractivity contribution < 1.29 is 23.9 Å². The Labute approximate surface area is 202 Å². The Hall–Kier alpha value is -3.30. The number of imide groups is 1. The van der Waals surface area contributed by atoms with E-state index in [1.54, 1.807) is 31.4 Å². The molecule has 0 unspecified atom stereocenters. The number of fused-ring (bicyclic) bond motifs is 1. The van der Waals surface area contributed by atoms with Crippen molar-refractivity contribution in [2.24, 2.45) is 0 Å². The van der Waals surface area contributed by atoms with Crippen molar-refractivity contribution in [3.8, 4) is 11.5 Å². The smallest absolute Gasteiger partial charge is 0.293 e. The summed E-state index contributed by atoms with van der Waals surface area (Å²) in [5.74, 6) is 0.631. The molecule has 1 saturated heterocycles. The third-order valence-electron chi connectivity index (χ3n) is 5.81. The molecular weight excluding hydrogens is 454 g/mol. The normalized spacial score (nSPS) is 17.1. The van der Waals surface area contributed by atoms with Crippen molar-refractivity contribution >= 4 is 34.9 Å². The van der Waals surface area contributed by atoms with E-state index in [0.717, 1.165) is 41.7 Å². The molecule has 8 nitrogen and oxygen atoms in total. The van der Waals surface area contributed by atoms with Crippen LogP contribution in [0.25, 0.3) is 6.08 Å². The Morgan fingerprint density at radius 1 is 1.09 bits per heavy atom. The SMILES string of the molecule is COc1ccc(/C=C2/SC(=O)N(CCNC(=O)CN3CCc4ccccc4C3)C2=O)cc1OC. The second kappa shape index (κ2) is 10.8. The second-order valence-corrected chi connectivity index (χ2v) is 9.02. The van der Waals surface area contributed by atoms with Crippen LogP contribution in [-0.2, 0) is 22.6 Å². The van der Waals surface area contributed by atoms with Crippen LogP contribution in [0.15, 0.2) is 47.4 Å². The number of benzene rings is 2. The molecule has 0 aromatic heterocycles. The topological polar surface area (TPSA) is 88.2 Å². The van der Waals surface area contributed by atoms with Crippen molar-refractivity contribution in [2.75, 3.05) is 40.4 Å². The zero-order valence-corrected chi connectivity index (χ0v) is 20.0. The van der Waals surface area contributed by atoms with Gasteiger partial charge in [0.1, 0.15) is 0 Å². The van der Waals surface area contributed by atoms with Gasteiger partial charge < -0.3 is 14.8 Å². The predicted molar refractivity (Wildman–Crippen MR) is 131 cm³/mol. The zero-order chi connectivity index (χ0) is 24.1. The molecule has 1 N–H and O–H groups in total. The van der Waals surface area contributed by atoms with Gasteiger partial charge in [-0.15, -0.1) is 0 Å². The minimum Gasteiger partial charge on any atom is -0.493 e. The van der Waals surface area contributed by atoms with Gasteiger partial charge in [-0.3, -0.25) is 24.2 Å². The van der Waals surface area contributed by atoms with Crippen molar-refractivity contribution in [3.63, 3.8) is 0 Å². The molecule has 0 bridgehead atoms. The highest BCUT2D eigenvalue weighted by Gasteiger charge is 2.34. The molecule has 0 radical (unpaired) electrons. The summed E-state index contributed by atoms with van der Waals surface area (Å²) in [5.41, 5.74) is 3.31. The number of methoxy groups -OCH3 is 2. The van der Waals surface area contributed by atoms with E-state index in [1.165, 1.54) is 18.2 Å². The third kappa shape index (κ3) is 5.43. The van der Waals surface area contributed by atoms with E-state index >= 15 is 0 Å². The predicted octanol–water partition coefficient (Wildman–Crippen LogP) is 2.91. The van der Waals surface area contributed by atoms with Gasteiger partial charge in [0, 0.05) is 26.2 Å². The van der Waals surface area contributed by atoms with Crippen molar-refractivity contribution in [3.05, 3.63) is 64.1 Å². The minimum atomic E-state index is -0.369.